The van der Waals surface area contributed by atoms with E-state index >= 15 is 0 Å². The second kappa shape index (κ2) is 9.93. The first-order chi connectivity index (χ1) is 15.9. The Labute approximate surface area is 192 Å². The van der Waals surface area contributed by atoms with Crippen molar-refractivity contribution in [3.8, 4) is 5.88 Å². The van der Waals surface area contributed by atoms with Gasteiger partial charge in [-0.15, -0.1) is 0 Å². The number of aryl methyl sites for hydroxylation is 1. The number of carboxylic acids is 1. The molecule has 2 aromatic rings. The van der Waals surface area contributed by atoms with Crippen LogP contribution in [0.15, 0.2) is 30.5 Å². The van der Waals surface area contributed by atoms with Gasteiger partial charge in [-0.2, -0.15) is 5.10 Å². The minimum absolute atomic E-state index is 0.114. The molecule has 178 valence electrons. The van der Waals surface area contributed by atoms with Gasteiger partial charge in [-0.1, -0.05) is 12.1 Å². The van der Waals surface area contributed by atoms with Crippen molar-refractivity contribution in [3.63, 3.8) is 0 Å². The Kier molecular flexibility index (Phi) is 6.99. The third kappa shape index (κ3) is 5.04. The van der Waals surface area contributed by atoms with E-state index in [4.69, 9.17) is 15.1 Å². The maximum absolute atomic E-state index is 13.1. The molecule has 0 saturated heterocycles. The zero-order chi connectivity index (χ0) is 23.5. The van der Waals surface area contributed by atoms with Crippen molar-refractivity contribution in [2.45, 2.75) is 44.8 Å². The molecule has 1 aromatic carbocycles. The normalized spacial score (nSPS) is 26.9. The van der Waals surface area contributed by atoms with E-state index < -0.39 is 5.97 Å². The number of hydrogen-bond acceptors (Lipinski definition) is 6. The van der Waals surface area contributed by atoms with Crippen molar-refractivity contribution in [2.24, 2.45) is 30.7 Å². The van der Waals surface area contributed by atoms with E-state index in [0.717, 1.165) is 17.4 Å². The number of aromatic nitrogens is 2. The molecule has 0 aliphatic heterocycles. The second-order valence-corrected chi connectivity index (χ2v) is 9.39. The Balaban J connectivity index is 0.000000821. The highest BCUT2D eigenvalue weighted by Gasteiger charge is 2.48. The maximum atomic E-state index is 13.1. The van der Waals surface area contributed by atoms with Crippen LogP contribution in [0.2, 0.25) is 0 Å². The maximum Gasteiger partial charge on any atom is 0.335 e. The third-order valence-electron chi connectivity index (χ3n) is 7.23. The highest BCUT2D eigenvalue weighted by molar-refractivity contribution is 5.96. The number of amides is 1. The molecule has 1 amide bonds. The number of hydrogen-bond donors (Lipinski definition) is 3. The van der Waals surface area contributed by atoms with Crippen LogP contribution >= 0.6 is 0 Å². The SMILES string of the molecule is COO.Cn1ncc(C(=O)NC2C3CC4CC(C3)CC2C4)c1OCc1ccc(C(=O)O)cc1. The summed E-state index contributed by atoms with van der Waals surface area (Å²) in [5.41, 5.74) is 1.51. The number of benzene rings is 1. The Morgan fingerprint density at radius 3 is 2.21 bits per heavy atom. The summed E-state index contributed by atoms with van der Waals surface area (Å²) in [5, 5.41) is 23.6. The summed E-state index contributed by atoms with van der Waals surface area (Å²) in [7, 11) is 2.93. The van der Waals surface area contributed by atoms with E-state index in [1.54, 1.807) is 42.2 Å². The van der Waals surface area contributed by atoms with Gasteiger partial charge in [-0.25, -0.2) is 14.4 Å². The molecule has 33 heavy (non-hydrogen) atoms. The highest BCUT2D eigenvalue weighted by Crippen LogP contribution is 2.53. The lowest BCUT2D eigenvalue weighted by Crippen LogP contribution is -2.55. The van der Waals surface area contributed by atoms with Gasteiger partial charge in [0.1, 0.15) is 12.2 Å². The van der Waals surface area contributed by atoms with E-state index in [9.17, 15) is 9.59 Å². The standard InChI is InChI=1S/C23H27N3O4.CH4O2/c1-26-22(30-12-13-2-4-16(5-3-13)23(28)29)19(11-24-26)21(27)25-20-17-7-14-6-15(9-17)10-18(20)8-14;1-3-2/h2-5,11,14-15,17-18,20H,6-10,12H2,1H3,(H,25,27)(H,28,29);2H,1H3. The monoisotopic (exact) mass is 457 g/mol. The van der Waals surface area contributed by atoms with E-state index in [0.29, 0.717) is 23.3 Å². The quantitative estimate of drug-likeness (QED) is 0.449. The Morgan fingerprint density at radius 1 is 1.09 bits per heavy atom. The molecule has 0 unspecified atom stereocenters. The van der Waals surface area contributed by atoms with E-state index in [1.807, 2.05) is 0 Å². The molecule has 1 aromatic heterocycles. The summed E-state index contributed by atoms with van der Waals surface area (Å²) in [4.78, 5) is 27.3. The van der Waals surface area contributed by atoms with E-state index in [-0.39, 0.29) is 24.1 Å². The van der Waals surface area contributed by atoms with Crippen LogP contribution in [0.4, 0.5) is 0 Å². The van der Waals surface area contributed by atoms with Crippen LogP contribution in [0.1, 0.15) is 58.4 Å². The zero-order valence-corrected chi connectivity index (χ0v) is 18.9. The fourth-order valence-corrected chi connectivity index (χ4v) is 6.04. The first kappa shape index (κ1) is 23.3. The number of nitrogens with one attached hydrogen (secondary N) is 1. The van der Waals surface area contributed by atoms with Gasteiger partial charge in [-0.3, -0.25) is 10.1 Å². The van der Waals surface area contributed by atoms with Crippen LogP contribution in [0.25, 0.3) is 0 Å². The van der Waals surface area contributed by atoms with Crippen molar-refractivity contribution in [2.75, 3.05) is 7.11 Å². The van der Waals surface area contributed by atoms with Crippen LogP contribution in [-0.4, -0.2) is 45.2 Å². The molecule has 4 aliphatic rings. The van der Waals surface area contributed by atoms with Crippen LogP contribution in [0.5, 0.6) is 5.88 Å². The van der Waals surface area contributed by atoms with E-state index in [1.165, 1.54) is 39.2 Å². The highest BCUT2D eigenvalue weighted by atomic mass is 17.1. The van der Waals surface area contributed by atoms with Gasteiger partial charge in [0.25, 0.3) is 5.91 Å². The number of ether oxygens (including phenoxy) is 1. The Morgan fingerprint density at radius 2 is 1.67 bits per heavy atom. The molecule has 6 rings (SSSR count). The first-order valence-corrected chi connectivity index (χ1v) is 11.3. The van der Waals surface area contributed by atoms with Gasteiger partial charge in [0.2, 0.25) is 5.88 Å². The molecule has 4 saturated carbocycles. The van der Waals surface area contributed by atoms with Crippen LogP contribution in [0, 0.1) is 23.7 Å². The summed E-state index contributed by atoms with van der Waals surface area (Å²) >= 11 is 0. The van der Waals surface area contributed by atoms with Gasteiger partial charge in [0.05, 0.1) is 18.9 Å². The molecule has 3 N–H and O–H groups in total. The number of carboxylic acid groups (broad SMARTS) is 1. The average Bonchev–Trinajstić information content (AvgIpc) is 3.15. The van der Waals surface area contributed by atoms with Crippen LogP contribution in [-0.2, 0) is 18.5 Å². The smallest absolute Gasteiger partial charge is 0.335 e. The Bertz CT molecular complexity index is 959. The molecular formula is C24H31N3O6. The van der Waals surface area contributed by atoms with Crippen molar-refractivity contribution in [1.82, 2.24) is 15.1 Å². The molecule has 0 spiro atoms. The van der Waals surface area contributed by atoms with Gasteiger partial charge < -0.3 is 15.2 Å². The minimum atomic E-state index is -0.960. The lowest BCUT2D eigenvalue weighted by atomic mass is 9.54. The summed E-state index contributed by atoms with van der Waals surface area (Å²) in [6, 6.07) is 6.79. The zero-order valence-electron chi connectivity index (χ0n) is 18.9. The van der Waals surface area contributed by atoms with Crippen molar-refractivity contribution in [1.29, 1.82) is 0 Å². The predicted octanol–water partition coefficient (Wildman–Crippen LogP) is 3.36. The fourth-order valence-electron chi connectivity index (χ4n) is 6.04. The van der Waals surface area contributed by atoms with Crippen LogP contribution < -0.4 is 10.1 Å². The van der Waals surface area contributed by atoms with Gasteiger partial charge >= 0.3 is 5.97 Å². The lowest BCUT2D eigenvalue weighted by Gasteiger charge is -2.54. The molecule has 4 bridgehead atoms. The fraction of sp³-hybridized carbons (Fsp3) is 0.542. The van der Waals surface area contributed by atoms with Crippen molar-refractivity contribution >= 4 is 11.9 Å². The lowest BCUT2D eigenvalue weighted by molar-refractivity contribution is -0.214. The molecule has 1 heterocycles. The van der Waals surface area contributed by atoms with Gasteiger partial charge in [-0.05, 0) is 73.5 Å². The topological polar surface area (TPSA) is 123 Å². The summed E-state index contributed by atoms with van der Waals surface area (Å²) in [6.07, 6.45) is 7.96. The molecule has 0 atom stereocenters. The minimum Gasteiger partial charge on any atom is -0.478 e. The van der Waals surface area contributed by atoms with Gasteiger partial charge in [0, 0.05) is 13.1 Å². The molecular weight excluding hydrogens is 426 g/mol. The molecule has 9 heteroatoms. The third-order valence-corrected chi connectivity index (χ3v) is 7.23. The number of carbonyl (C=O) groups is 2. The molecule has 4 aliphatic carbocycles. The number of carbonyl (C=O) groups excluding carboxylic acids is 1. The molecule has 4 fully saturated rings. The summed E-state index contributed by atoms with van der Waals surface area (Å²) < 4.78 is 7.48. The number of aromatic carboxylic acids is 1. The van der Waals surface area contributed by atoms with Crippen molar-refractivity contribution in [3.05, 3.63) is 47.2 Å². The predicted molar refractivity (Wildman–Crippen MR) is 119 cm³/mol. The average molecular weight is 458 g/mol. The summed E-state index contributed by atoms with van der Waals surface area (Å²) in [5.74, 6) is 2.31. The number of rotatable bonds is 6. The second-order valence-electron chi connectivity index (χ2n) is 9.39. The largest absolute Gasteiger partial charge is 0.478 e. The number of nitrogens with zero attached hydrogens (tertiary/aromatic N) is 2. The van der Waals surface area contributed by atoms with E-state index in [2.05, 4.69) is 15.3 Å². The first-order valence-electron chi connectivity index (χ1n) is 11.3. The summed E-state index contributed by atoms with van der Waals surface area (Å²) in [6.45, 7) is 0.234. The van der Waals surface area contributed by atoms with Gasteiger partial charge in [0.15, 0.2) is 0 Å². The molecule has 0 radical (unpaired) electrons. The van der Waals surface area contributed by atoms with Crippen molar-refractivity contribution < 1.29 is 29.6 Å². The molecule has 9 nitrogen and oxygen atoms in total. The Hall–Kier alpha value is -2.91. The van der Waals surface area contributed by atoms with Crippen LogP contribution in [0.3, 0.4) is 0 Å².